The van der Waals surface area contributed by atoms with Crippen LogP contribution in [0.4, 0.5) is 11.8 Å². The SMILES string of the molecule is N#Cc1ccnc(N2CCN(c3ccccn3)CC2)n1. The highest BCUT2D eigenvalue weighted by atomic mass is 15.3. The number of anilines is 2. The van der Waals surface area contributed by atoms with Crippen molar-refractivity contribution in [2.45, 2.75) is 0 Å². The molecule has 0 saturated carbocycles. The van der Waals surface area contributed by atoms with E-state index in [4.69, 9.17) is 5.26 Å². The summed E-state index contributed by atoms with van der Waals surface area (Å²) >= 11 is 0. The summed E-state index contributed by atoms with van der Waals surface area (Å²) in [6.45, 7) is 3.39. The Morgan fingerprint density at radius 3 is 2.45 bits per heavy atom. The molecule has 1 fully saturated rings. The van der Waals surface area contributed by atoms with Crippen molar-refractivity contribution in [1.82, 2.24) is 15.0 Å². The summed E-state index contributed by atoms with van der Waals surface area (Å²) in [5.74, 6) is 1.63. The molecule has 3 rings (SSSR count). The van der Waals surface area contributed by atoms with Gasteiger partial charge in [-0.3, -0.25) is 0 Å². The number of nitriles is 1. The minimum atomic E-state index is 0.405. The van der Waals surface area contributed by atoms with Crippen molar-refractivity contribution in [2.75, 3.05) is 36.0 Å². The Morgan fingerprint density at radius 2 is 1.75 bits per heavy atom. The number of hydrogen-bond donors (Lipinski definition) is 0. The molecule has 0 bridgehead atoms. The van der Waals surface area contributed by atoms with E-state index in [1.54, 1.807) is 18.5 Å². The zero-order valence-corrected chi connectivity index (χ0v) is 11.0. The summed E-state index contributed by atoms with van der Waals surface area (Å²) in [7, 11) is 0. The molecule has 0 amide bonds. The Kier molecular flexibility index (Phi) is 3.42. The molecule has 0 atom stereocenters. The first-order valence-electron chi connectivity index (χ1n) is 6.51. The third-order valence-corrected chi connectivity index (χ3v) is 3.29. The van der Waals surface area contributed by atoms with E-state index in [-0.39, 0.29) is 0 Å². The molecule has 1 aliphatic rings. The second-order valence-corrected chi connectivity index (χ2v) is 4.52. The molecule has 1 aliphatic heterocycles. The molecule has 1 saturated heterocycles. The molecule has 6 nitrogen and oxygen atoms in total. The van der Waals surface area contributed by atoms with E-state index in [0.717, 1.165) is 32.0 Å². The van der Waals surface area contributed by atoms with Crippen molar-refractivity contribution in [1.29, 1.82) is 5.26 Å². The Morgan fingerprint density at radius 1 is 0.950 bits per heavy atom. The molecule has 0 aromatic carbocycles. The molecule has 2 aromatic rings. The number of pyridine rings is 1. The third-order valence-electron chi connectivity index (χ3n) is 3.29. The van der Waals surface area contributed by atoms with E-state index in [0.29, 0.717) is 11.6 Å². The van der Waals surface area contributed by atoms with Crippen LogP contribution in [0.2, 0.25) is 0 Å². The van der Waals surface area contributed by atoms with Crippen molar-refractivity contribution < 1.29 is 0 Å². The molecule has 20 heavy (non-hydrogen) atoms. The summed E-state index contributed by atoms with van der Waals surface area (Å²) < 4.78 is 0. The van der Waals surface area contributed by atoms with Crippen LogP contribution >= 0.6 is 0 Å². The highest BCUT2D eigenvalue weighted by Gasteiger charge is 2.19. The third kappa shape index (κ3) is 2.52. The van der Waals surface area contributed by atoms with Gasteiger partial charge in [-0.25, -0.2) is 15.0 Å². The van der Waals surface area contributed by atoms with Gasteiger partial charge in [-0.05, 0) is 18.2 Å². The average molecular weight is 266 g/mol. The molecule has 2 aromatic heterocycles. The molecular weight excluding hydrogens is 252 g/mol. The first kappa shape index (κ1) is 12.4. The van der Waals surface area contributed by atoms with Crippen LogP contribution in [0.3, 0.4) is 0 Å². The molecule has 0 aliphatic carbocycles. The van der Waals surface area contributed by atoms with Gasteiger partial charge in [0.25, 0.3) is 0 Å². The van der Waals surface area contributed by atoms with Gasteiger partial charge in [0.15, 0.2) is 0 Å². The number of aromatic nitrogens is 3. The highest BCUT2D eigenvalue weighted by molar-refractivity contribution is 5.42. The van der Waals surface area contributed by atoms with Crippen LogP contribution in [0.1, 0.15) is 5.69 Å². The van der Waals surface area contributed by atoms with Gasteiger partial charge in [0.2, 0.25) is 5.95 Å². The molecule has 6 heteroatoms. The van der Waals surface area contributed by atoms with Crippen LogP contribution in [0.5, 0.6) is 0 Å². The summed E-state index contributed by atoms with van der Waals surface area (Å²) in [4.78, 5) is 17.2. The molecule has 0 unspecified atom stereocenters. The van der Waals surface area contributed by atoms with Crippen molar-refractivity contribution >= 4 is 11.8 Å². The Labute approximate surface area is 117 Å². The normalized spacial score (nSPS) is 14.9. The van der Waals surface area contributed by atoms with Crippen LogP contribution in [-0.4, -0.2) is 41.1 Å². The maximum absolute atomic E-state index is 8.88. The van der Waals surface area contributed by atoms with Crippen molar-refractivity contribution in [3.05, 3.63) is 42.4 Å². The lowest BCUT2D eigenvalue weighted by molar-refractivity contribution is 0.634. The standard InChI is InChI=1S/C14H14N6/c15-11-12-4-6-17-14(18-12)20-9-7-19(8-10-20)13-3-1-2-5-16-13/h1-6H,7-10H2. The second kappa shape index (κ2) is 5.53. The van der Waals surface area contributed by atoms with E-state index in [1.807, 2.05) is 24.3 Å². The fourth-order valence-corrected chi connectivity index (χ4v) is 2.24. The molecule has 0 radical (unpaired) electrons. The van der Waals surface area contributed by atoms with E-state index in [9.17, 15) is 0 Å². The Hall–Kier alpha value is -2.68. The maximum Gasteiger partial charge on any atom is 0.226 e. The summed E-state index contributed by atoms with van der Waals surface area (Å²) in [5, 5.41) is 8.88. The van der Waals surface area contributed by atoms with Gasteiger partial charge in [0, 0.05) is 38.6 Å². The predicted molar refractivity (Wildman–Crippen MR) is 75.4 cm³/mol. The zero-order valence-electron chi connectivity index (χ0n) is 11.0. The largest absolute Gasteiger partial charge is 0.353 e. The van der Waals surface area contributed by atoms with Crippen LogP contribution in [0.15, 0.2) is 36.7 Å². The summed E-state index contributed by atoms with van der Waals surface area (Å²) in [6, 6.07) is 9.59. The predicted octanol–water partition coefficient (Wildman–Crippen LogP) is 1.07. The maximum atomic E-state index is 8.88. The fourth-order valence-electron chi connectivity index (χ4n) is 2.24. The first-order chi connectivity index (χ1) is 9.86. The summed E-state index contributed by atoms with van der Waals surface area (Å²) in [5.41, 5.74) is 0.405. The van der Waals surface area contributed by atoms with Crippen molar-refractivity contribution in [3.8, 4) is 6.07 Å². The molecule has 3 heterocycles. The lowest BCUT2D eigenvalue weighted by Crippen LogP contribution is -2.47. The molecule has 100 valence electrons. The fraction of sp³-hybridized carbons (Fsp3) is 0.286. The molecule has 0 N–H and O–H groups in total. The lowest BCUT2D eigenvalue weighted by Gasteiger charge is -2.35. The minimum absolute atomic E-state index is 0.405. The van der Waals surface area contributed by atoms with Gasteiger partial charge in [-0.1, -0.05) is 6.07 Å². The quantitative estimate of drug-likeness (QED) is 0.810. The van der Waals surface area contributed by atoms with Gasteiger partial charge in [-0.2, -0.15) is 5.26 Å². The van der Waals surface area contributed by atoms with Gasteiger partial charge in [0.1, 0.15) is 17.6 Å². The molecule has 0 spiro atoms. The van der Waals surface area contributed by atoms with E-state index in [2.05, 4.69) is 24.8 Å². The number of nitrogens with zero attached hydrogens (tertiary/aromatic N) is 6. The van der Waals surface area contributed by atoms with Crippen molar-refractivity contribution in [3.63, 3.8) is 0 Å². The highest BCUT2D eigenvalue weighted by Crippen LogP contribution is 2.15. The lowest BCUT2D eigenvalue weighted by atomic mass is 10.3. The van der Waals surface area contributed by atoms with E-state index < -0.39 is 0 Å². The second-order valence-electron chi connectivity index (χ2n) is 4.52. The number of piperazine rings is 1. The van der Waals surface area contributed by atoms with E-state index >= 15 is 0 Å². The van der Waals surface area contributed by atoms with Crippen LogP contribution in [0, 0.1) is 11.3 Å². The van der Waals surface area contributed by atoms with Crippen LogP contribution < -0.4 is 9.80 Å². The number of hydrogen-bond acceptors (Lipinski definition) is 6. The van der Waals surface area contributed by atoms with Crippen LogP contribution in [0.25, 0.3) is 0 Å². The van der Waals surface area contributed by atoms with Gasteiger partial charge in [0.05, 0.1) is 0 Å². The Bertz CT molecular complexity index is 613. The minimum Gasteiger partial charge on any atom is -0.353 e. The average Bonchev–Trinajstić information content (AvgIpc) is 2.56. The monoisotopic (exact) mass is 266 g/mol. The molecular formula is C14H14N6. The van der Waals surface area contributed by atoms with Gasteiger partial charge in [-0.15, -0.1) is 0 Å². The van der Waals surface area contributed by atoms with E-state index in [1.165, 1.54) is 0 Å². The number of rotatable bonds is 2. The first-order valence-corrected chi connectivity index (χ1v) is 6.51. The summed E-state index contributed by atoms with van der Waals surface area (Å²) in [6.07, 6.45) is 3.44. The zero-order chi connectivity index (χ0) is 13.8. The Balaban J connectivity index is 1.68. The van der Waals surface area contributed by atoms with Gasteiger partial charge >= 0.3 is 0 Å². The smallest absolute Gasteiger partial charge is 0.226 e. The topological polar surface area (TPSA) is 68.9 Å². The van der Waals surface area contributed by atoms with Crippen molar-refractivity contribution in [2.24, 2.45) is 0 Å². The van der Waals surface area contributed by atoms with Gasteiger partial charge < -0.3 is 9.80 Å². The van der Waals surface area contributed by atoms with Crippen LogP contribution in [-0.2, 0) is 0 Å².